The SMILES string of the molecule is CC(C)(C)C(=O)Nc1sc2c(c1C(=O)Nc1ccc(Br)cc1)CCC(C(C)(C)C)C2. The number of carbonyl (C=O) groups excluding carboxylic acids is 2. The van der Waals surface area contributed by atoms with Gasteiger partial charge in [0.05, 0.1) is 5.56 Å². The Hall–Kier alpha value is -1.66. The van der Waals surface area contributed by atoms with E-state index in [1.54, 1.807) is 11.3 Å². The first kappa shape index (κ1) is 23.0. The van der Waals surface area contributed by atoms with Gasteiger partial charge in [-0.3, -0.25) is 9.59 Å². The molecule has 30 heavy (non-hydrogen) atoms. The van der Waals surface area contributed by atoms with Gasteiger partial charge in [0.15, 0.2) is 0 Å². The van der Waals surface area contributed by atoms with Crippen LogP contribution in [0.2, 0.25) is 0 Å². The summed E-state index contributed by atoms with van der Waals surface area (Å²) in [6.45, 7) is 12.5. The lowest BCUT2D eigenvalue weighted by molar-refractivity contribution is -0.123. The average molecular weight is 491 g/mol. The lowest BCUT2D eigenvalue weighted by Crippen LogP contribution is -2.28. The van der Waals surface area contributed by atoms with Crippen LogP contribution in [-0.2, 0) is 17.6 Å². The van der Waals surface area contributed by atoms with E-state index in [1.165, 1.54) is 4.88 Å². The van der Waals surface area contributed by atoms with Gasteiger partial charge in [0.2, 0.25) is 5.91 Å². The van der Waals surface area contributed by atoms with Crippen LogP contribution in [0.25, 0.3) is 0 Å². The lowest BCUT2D eigenvalue weighted by Gasteiger charge is -2.33. The van der Waals surface area contributed by atoms with Gasteiger partial charge in [-0.2, -0.15) is 0 Å². The largest absolute Gasteiger partial charge is 0.322 e. The molecule has 1 unspecified atom stereocenters. The Labute approximate surface area is 192 Å². The number of halogens is 1. The zero-order valence-electron chi connectivity index (χ0n) is 18.6. The second-order valence-electron chi connectivity index (χ2n) is 10.2. The zero-order chi connectivity index (χ0) is 22.3. The fourth-order valence-corrected chi connectivity index (χ4v) is 5.26. The number of thiophene rings is 1. The quantitative estimate of drug-likeness (QED) is 0.491. The smallest absolute Gasteiger partial charge is 0.258 e. The van der Waals surface area contributed by atoms with Gasteiger partial charge in [-0.25, -0.2) is 0 Å². The van der Waals surface area contributed by atoms with Gasteiger partial charge in [-0.05, 0) is 60.4 Å². The Kier molecular flexibility index (Phi) is 6.49. The molecule has 0 saturated carbocycles. The third kappa shape index (κ3) is 5.14. The third-order valence-electron chi connectivity index (χ3n) is 5.73. The van der Waals surface area contributed by atoms with Gasteiger partial charge in [0.1, 0.15) is 5.00 Å². The minimum atomic E-state index is -0.530. The second kappa shape index (κ2) is 8.46. The van der Waals surface area contributed by atoms with Crippen molar-refractivity contribution in [3.63, 3.8) is 0 Å². The molecule has 4 nitrogen and oxygen atoms in total. The highest BCUT2D eigenvalue weighted by Gasteiger charge is 2.34. The van der Waals surface area contributed by atoms with E-state index in [4.69, 9.17) is 0 Å². The van der Waals surface area contributed by atoms with Crippen molar-refractivity contribution >= 4 is 49.8 Å². The molecule has 1 aliphatic carbocycles. The Morgan fingerprint density at radius 1 is 1.03 bits per heavy atom. The molecule has 1 aliphatic rings. The summed E-state index contributed by atoms with van der Waals surface area (Å²) in [6, 6.07) is 7.53. The Morgan fingerprint density at radius 2 is 1.67 bits per heavy atom. The Bertz CT molecular complexity index is 949. The number of amides is 2. The standard InChI is InChI=1S/C24H31BrN2O2S/c1-23(2,3)14-7-12-17-18(13-14)30-21(27-22(29)24(4,5)6)19(17)20(28)26-16-10-8-15(25)9-11-16/h8-11,14H,7,12-13H2,1-6H3,(H,26,28)(H,27,29). The van der Waals surface area contributed by atoms with Crippen molar-refractivity contribution in [2.75, 3.05) is 10.6 Å². The average Bonchev–Trinajstić information content (AvgIpc) is 2.99. The molecule has 1 aromatic carbocycles. The van der Waals surface area contributed by atoms with E-state index in [2.05, 4.69) is 47.3 Å². The molecule has 0 spiro atoms. The summed E-state index contributed by atoms with van der Waals surface area (Å²) in [4.78, 5) is 27.2. The van der Waals surface area contributed by atoms with Gasteiger partial charge in [0.25, 0.3) is 5.91 Å². The summed E-state index contributed by atoms with van der Waals surface area (Å²) >= 11 is 4.99. The molecule has 6 heteroatoms. The van der Waals surface area contributed by atoms with Crippen molar-refractivity contribution in [3.05, 3.63) is 44.7 Å². The minimum absolute atomic E-state index is 0.0776. The number of hydrogen-bond donors (Lipinski definition) is 2. The van der Waals surface area contributed by atoms with Crippen LogP contribution in [0, 0.1) is 16.7 Å². The predicted molar refractivity (Wildman–Crippen MR) is 129 cm³/mol. The molecule has 0 aliphatic heterocycles. The molecule has 2 amide bonds. The predicted octanol–water partition coefficient (Wildman–Crippen LogP) is 6.90. The van der Waals surface area contributed by atoms with Crippen LogP contribution < -0.4 is 10.6 Å². The van der Waals surface area contributed by atoms with E-state index in [0.717, 1.165) is 35.0 Å². The summed E-state index contributed by atoms with van der Waals surface area (Å²) in [5, 5.41) is 6.73. The van der Waals surface area contributed by atoms with Gasteiger partial charge >= 0.3 is 0 Å². The molecule has 1 atom stereocenters. The Balaban J connectivity index is 1.97. The molecule has 0 radical (unpaired) electrons. The van der Waals surface area contributed by atoms with Gasteiger partial charge in [-0.15, -0.1) is 11.3 Å². The minimum Gasteiger partial charge on any atom is -0.322 e. The van der Waals surface area contributed by atoms with Crippen LogP contribution in [0.3, 0.4) is 0 Å². The highest BCUT2D eigenvalue weighted by molar-refractivity contribution is 9.10. The monoisotopic (exact) mass is 490 g/mol. The first-order chi connectivity index (χ1) is 13.9. The maximum absolute atomic E-state index is 13.3. The van der Waals surface area contributed by atoms with E-state index in [1.807, 2.05) is 45.0 Å². The normalized spacial score (nSPS) is 16.7. The molecule has 2 N–H and O–H groups in total. The first-order valence-corrected chi connectivity index (χ1v) is 12.0. The number of benzene rings is 1. The molecular formula is C24H31BrN2O2S. The van der Waals surface area contributed by atoms with E-state index < -0.39 is 5.41 Å². The third-order valence-corrected chi connectivity index (χ3v) is 7.43. The highest BCUT2D eigenvalue weighted by atomic mass is 79.9. The topological polar surface area (TPSA) is 58.2 Å². The number of nitrogens with one attached hydrogen (secondary N) is 2. The fraction of sp³-hybridized carbons (Fsp3) is 0.500. The van der Waals surface area contributed by atoms with Crippen molar-refractivity contribution in [2.45, 2.75) is 60.8 Å². The number of anilines is 2. The summed E-state index contributed by atoms with van der Waals surface area (Å²) in [7, 11) is 0. The second-order valence-corrected chi connectivity index (χ2v) is 12.2. The van der Waals surface area contributed by atoms with Crippen LogP contribution in [-0.4, -0.2) is 11.8 Å². The van der Waals surface area contributed by atoms with Crippen molar-refractivity contribution in [3.8, 4) is 0 Å². The van der Waals surface area contributed by atoms with E-state index in [0.29, 0.717) is 16.5 Å². The number of fused-ring (bicyclic) bond motifs is 1. The molecule has 0 bridgehead atoms. The summed E-state index contributed by atoms with van der Waals surface area (Å²) in [6.07, 6.45) is 2.87. The number of carbonyl (C=O) groups is 2. The van der Waals surface area contributed by atoms with Gasteiger partial charge < -0.3 is 10.6 Å². The maximum Gasteiger partial charge on any atom is 0.258 e. The molecule has 162 valence electrons. The Morgan fingerprint density at radius 3 is 2.23 bits per heavy atom. The van der Waals surface area contributed by atoms with Crippen LogP contribution >= 0.6 is 27.3 Å². The van der Waals surface area contributed by atoms with Crippen LogP contribution in [0.15, 0.2) is 28.7 Å². The molecule has 2 aromatic rings. The number of hydrogen-bond acceptors (Lipinski definition) is 3. The summed E-state index contributed by atoms with van der Waals surface area (Å²) < 4.78 is 0.958. The maximum atomic E-state index is 13.3. The molecule has 0 saturated heterocycles. The van der Waals surface area contributed by atoms with Crippen molar-refractivity contribution in [1.82, 2.24) is 0 Å². The van der Waals surface area contributed by atoms with Crippen LogP contribution in [0.4, 0.5) is 10.7 Å². The summed E-state index contributed by atoms with van der Waals surface area (Å²) in [5.41, 5.74) is 2.15. The molecule has 0 fully saturated rings. The van der Waals surface area contributed by atoms with Crippen molar-refractivity contribution < 1.29 is 9.59 Å². The summed E-state index contributed by atoms with van der Waals surface area (Å²) in [5.74, 6) is 0.330. The first-order valence-electron chi connectivity index (χ1n) is 10.4. The molecule has 1 aromatic heterocycles. The lowest BCUT2D eigenvalue weighted by atomic mass is 9.72. The van der Waals surface area contributed by atoms with E-state index in [-0.39, 0.29) is 17.2 Å². The van der Waals surface area contributed by atoms with Crippen LogP contribution in [0.1, 0.15) is 68.8 Å². The zero-order valence-corrected chi connectivity index (χ0v) is 21.0. The molecular weight excluding hydrogens is 460 g/mol. The van der Waals surface area contributed by atoms with Crippen molar-refractivity contribution in [2.24, 2.45) is 16.7 Å². The molecule has 1 heterocycles. The highest BCUT2D eigenvalue weighted by Crippen LogP contribution is 2.44. The van der Waals surface area contributed by atoms with E-state index >= 15 is 0 Å². The van der Waals surface area contributed by atoms with E-state index in [9.17, 15) is 9.59 Å². The van der Waals surface area contributed by atoms with Gasteiger partial charge in [0, 0.05) is 20.5 Å². The van der Waals surface area contributed by atoms with Crippen LogP contribution in [0.5, 0.6) is 0 Å². The number of rotatable bonds is 3. The van der Waals surface area contributed by atoms with Gasteiger partial charge in [-0.1, -0.05) is 57.5 Å². The van der Waals surface area contributed by atoms with Crippen molar-refractivity contribution in [1.29, 1.82) is 0 Å². The fourth-order valence-electron chi connectivity index (χ4n) is 3.67. The molecule has 3 rings (SSSR count).